The van der Waals surface area contributed by atoms with E-state index in [4.69, 9.17) is 4.74 Å². The van der Waals surface area contributed by atoms with E-state index >= 15 is 0 Å². The van der Waals surface area contributed by atoms with Gasteiger partial charge in [0.1, 0.15) is 11.5 Å². The molecule has 3 aromatic carbocycles. The fourth-order valence-corrected chi connectivity index (χ4v) is 2.51. The first-order chi connectivity index (χ1) is 12.0. The summed E-state index contributed by atoms with van der Waals surface area (Å²) in [7, 11) is 0. The van der Waals surface area contributed by atoms with E-state index in [-0.39, 0.29) is 11.6 Å². The van der Waals surface area contributed by atoms with Crippen molar-refractivity contribution < 1.29 is 14.3 Å². The van der Waals surface area contributed by atoms with Crippen molar-refractivity contribution in [3.8, 4) is 22.6 Å². The first-order valence-electron chi connectivity index (χ1n) is 8.03. The lowest BCUT2D eigenvalue weighted by Crippen LogP contribution is -1.92. The third-order valence-electron chi connectivity index (χ3n) is 3.98. The monoisotopic (exact) mass is 330 g/mol. The lowest BCUT2D eigenvalue weighted by Gasteiger charge is -2.08. The summed E-state index contributed by atoms with van der Waals surface area (Å²) in [5, 5.41) is 0. The Kier molecular flexibility index (Phi) is 4.75. The van der Waals surface area contributed by atoms with Gasteiger partial charge in [0.25, 0.3) is 0 Å². The van der Waals surface area contributed by atoms with Crippen molar-refractivity contribution in [1.82, 2.24) is 0 Å². The van der Waals surface area contributed by atoms with Gasteiger partial charge in [-0.15, -0.1) is 0 Å². The zero-order chi connectivity index (χ0) is 17.8. The molecule has 0 bridgehead atoms. The second-order valence-corrected chi connectivity index (χ2v) is 5.84. The van der Waals surface area contributed by atoms with Crippen LogP contribution in [0.1, 0.15) is 34.6 Å². The van der Waals surface area contributed by atoms with E-state index in [9.17, 15) is 9.59 Å². The molecule has 0 unspecified atom stereocenters. The predicted molar refractivity (Wildman–Crippen MR) is 98.4 cm³/mol. The smallest absolute Gasteiger partial charge is 0.159 e. The molecule has 0 N–H and O–H groups in total. The quantitative estimate of drug-likeness (QED) is 0.576. The van der Waals surface area contributed by atoms with Crippen LogP contribution in [0.5, 0.6) is 11.5 Å². The fraction of sp³-hybridized carbons (Fsp3) is 0.0909. The number of carbonyl (C=O) groups excluding carboxylic acids is 2. The molecule has 3 rings (SSSR count). The normalized spacial score (nSPS) is 10.3. The Labute approximate surface area is 146 Å². The Morgan fingerprint density at radius 2 is 0.880 bits per heavy atom. The minimum Gasteiger partial charge on any atom is -0.457 e. The van der Waals surface area contributed by atoms with E-state index in [1.807, 2.05) is 48.5 Å². The molecule has 0 fully saturated rings. The van der Waals surface area contributed by atoms with Gasteiger partial charge in [-0.1, -0.05) is 36.4 Å². The second kappa shape index (κ2) is 7.14. The van der Waals surface area contributed by atoms with Gasteiger partial charge in [-0.25, -0.2) is 0 Å². The molecule has 3 heteroatoms. The zero-order valence-electron chi connectivity index (χ0n) is 14.2. The Morgan fingerprint density at radius 3 is 1.28 bits per heavy atom. The summed E-state index contributed by atoms with van der Waals surface area (Å²) >= 11 is 0. The van der Waals surface area contributed by atoms with Crippen LogP contribution in [0.15, 0.2) is 72.8 Å². The highest BCUT2D eigenvalue weighted by molar-refractivity contribution is 5.94. The molecule has 0 radical (unpaired) electrons. The van der Waals surface area contributed by atoms with Crippen molar-refractivity contribution in [3.05, 3.63) is 83.9 Å². The number of benzene rings is 3. The molecule has 124 valence electrons. The first-order valence-corrected chi connectivity index (χ1v) is 8.03. The molecule has 3 aromatic rings. The molecule has 0 atom stereocenters. The molecule has 25 heavy (non-hydrogen) atoms. The predicted octanol–water partition coefficient (Wildman–Crippen LogP) is 5.55. The van der Waals surface area contributed by atoms with Crippen LogP contribution in [0.4, 0.5) is 0 Å². The van der Waals surface area contributed by atoms with E-state index in [2.05, 4.69) is 0 Å². The van der Waals surface area contributed by atoms with Crippen molar-refractivity contribution in [2.45, 2.75) is 13.8 Å². The zero-order valence-corrected chi connectivity index (χ0v) is 14.2. The number of carbonyl (C=O) groups is 2. The maximum absolute atomic E-state index is 11.3. The largest absolute Gasteiger partial charge is 0.457 e. The van der Waals surface area contributed by atoms with Crippen molar-refractivity contribution >= 4 is 11.6 Å². The van der Waals surface area contributed by atoms with Crippen molar-refractivity contribution in [1.29, 1.82) is 0 Å². The minimum atomic E-state index is 0.0340. The SMILES string of the molecule is CC(=O)c1ccc(Oc2ccc(-c3ccc(C(C)=O)cc3)cc2)cc1. The maximum atomic E-state index is 11.3. The minimum absolute atomic E-state index is 0.0340. The highest BCUT2D eigenvalue weighted by Crippen LogP contribution is 2.26. The number of ketones is 2. The topological polar surface area (TPSA) is 43.4 Å². The summed E-state index contributed by atoms with van der Waals surface area (Å²) < 4.78 is 5.80. The van der Waals surface area contributed by atoms with Gasteiger partial charge in [0.15, 0.2) is 11.6 Å². The number of ether oxygens (including phenoxy) is 1. The standard InChI is InChI=1S/C22H18O3/c1-15(23)17-3-5-19(6-4-17)20-9-13-22(14-10-20)25-21-11-7-18(8-12-21)16(2)24/h3-14H,1-2H3. The van der Waals surface area contributed by atoms with Gasteiger partial charge in [-0.05, 0) is 61.4 Å². The molecule has 0 heterocycles. The van der Waals surface area contributed by atoms with Crippen LogP contribution in [-0.4, -0.2) is 11.6 Å². The summed E-state index contributed by atoms with van der Waals surface area (Å²) in [5.74, 6) is 1.50. The lowest BCUT2D eigenvalue weighted by atomic mass is 10.0. The van der Waals surface area contributed by atoms with E-state index in [0.29, 0.717) is 16.9 Å². The molecule has 0 saturated heterocycles. The Bertz CT molecular complexity index is 890. The third-order valence-corrected chi connectivity index (χ3v) is 3.98. The van der Waals surface area contributed by atoms with Crippen LogP contribution in [0.25, 0.3) is 11.1 Å². The van der Waals surface area contributed by atoms with Gasteiger partial charge in [-0.3, -0.25) is 9.59 Å². The van der Waals surface area contributed by atoms with Gasteiger partial charge in [0.2, 0.25) is 0 Å². The average Bonchev–Trinajstić information content (AvgIpc) is 2.63. The van der Waals surface area contributed by atoms with Crippen LogP contribution in [0.3, 0.4) is 0 Å². The van der Waals surface area contributed by atoms with Crippen LogP contribution < -0.4 is 4.74 Å². The Hall–Kier alpha value is -3.20. The van der Waals surface area contributed by atoms with Crippen molar-refractivity contribution in [3.63, 3.8) is 0 Å². The number of Topliss-reactive ketones (excluding diaryl/α,β-unsaturated/α-hetero) is 2. The molecule has 0 aliphatic carbocycles. The highest BCUT2D eigenvalue weighted by Gasteiger charge is 2.04. The van der Waals surface area contributed by atoms with Crippen LogP contribution in [0, 0.1) is 0 Å². The molecule has 0 spiro atoms. The fourth-order valence-electron chi connectivity index (χ4n) is 2.51. The van der Waals surface area contributed by atoms with Gasteiger partial charge in [0, 0.05) is 11.1 Å². The Balaban J connectivity index is 1.73. The van der Waals surface area contributed by atoms with E-state index < -0.39 is 0 Å². The molecule has 0 saturated carbocycles. The Morgan fingerprint density at radius 1 is 0.560 bits per heavy atom. The summed E-state index contributed by atoms with van der Waals surface area (Å²) in [6.07, 6.45) is 0. The summed E-state index contributed by atoms with van der Waals surface area (Å²) in [5.41, 5.74) is 3.46. The molecule has 0 aromatic heterocycles. The average molecular weight is 330 g/mol. The van der Waals surface area contributed by atoms with E-state index in [1.165, 1.54) is 6.92 Å². The molecular formula is C22H18O3. The van der Waals surface area contributed by atoms with Crippen molar-refractivity contribution in [2.75, 3.05) is 0 Å². The molecular weight excluding hydrogens is 312 g/mol. The summed E-state index contributed by atoms with van der Waals surface area (Å²) in [4.78, 5) is 22.6. The van der Waals surface area contributed by atoms with Crippen LogP contribution in [0.2, 0.25) is 0 Å². The molecule has 0 aliphatic rings. The summed E-state index contributed by atoms with van der Waals surface area (Å²) in [6, 6.07) is 22.4. The number of hydrogen-bond donors (Lipinski definition) is 0. The maximum Gasteiger partial charge on any atom is 0.159 e. The van der Waals surface area contributed by atoms with Gasteiger partial charge < -0.3 is 4.74 Å². The first kappa shape index (κ1) is 16.7. The van der Waals surface area contributed by atoms with Crippen LogP contribution in [-0.2, 0) is 0 Å². The number of rotatable bonds is 5. The highest BCUT2D eigenvalue weighted by atomic mass is 16.5. The summed E-state index contributed by atoms with van der Waals surface area (Å²) in [6.45, 7) is 3.10. The van der Waals surface area contributed by atoms with Gasteiger partial charge in [-0.2, -0.15) is 0 Å². The lowest BCUT2D eigenvalue weighted by molar-refractivity contribution is 0.100. The van der Waals surface area contributed by atoms with E-state index in [1.54, 1.807) is 31.2 Å². The molecule has 0 aliphatic heterocycles. The number of hydrogen-bond acceptors (Lipinski definition) is 3. The van der Waals surface area contributed by atoms with E-state index in [0.717, 1.165) is 16.9 Å². The third kappa shape index (κ3) is 4.01. The van der Waals surface area contributed by atoms with Crippen molar-refractivity contribution in [2.24, 2.45) is 0 Å². The molecule has 0 amide bonds. The van der Waals surface area contributed by atoms with Gasteiger partial charge in [0.05, 0.1) is 0 Å². The van der Waals surface area contributed by atoms with Crippen LogP contribution >= 0.6 is 0 Å². The molecule has 3 nitrogen and oxygen atoms in total. The second-order valence-electron chi connectivity index (χ2n) is 5.84. The van der Waals surface area contributed by atoms with Gasteiger partial charge >= 0.3 is 0 Å².